The van der Waals surface area contributed by atoms with Gasteiger partial charge in [-0.2, -0.15) is 4.99 Å². The number of fused-ring (bicyclic) bond motifs is 2. The van der Waals surface area contributed by atoms with E-state index in [-0.39, 0.29) is 17.4 Å². The van der Waals surface area contributed by atoms with E-state index in [1.165, 1.54) is 6.08 Å². The van der Waals surface area contributed by atoms with Crippen LogP contribution in [0.15, 0.2) is 15.0 Å². The van der Waals surface area contributed by atoms with Gasteiger partial charge in [0, 0.05) is 5.41 Å². The maximum atomic E-state index is 11.0. The van der Waals surface area contributed by atoms with Crippen molar-refractivity contribution in [2.45, 2.75) is 51.1 Å². The Morgan fingerprint density at radius 2 is 1.95 bits per heavy atom. The predicted octanol–water partition coefficient (Wildman–Crippen LogP) is 1.95. The Hall–Kier alpha value is -1.86. The van der Waals surface area contributed by atoms with E-state index in [1.54, 1.807) is 12.2 Å². The summed E-state index contributed by atoms with van der Waals surface area (Å²) in [6.07, 6.45) is 7.91. The van der Waals surface area contributed by atoms with Crippen LogP contribution in [0.5, 0.6) is 0 Å². The molecule has 21 heavy (non-hydrogen) atoms. The molecule has 2 saturated carbocycles. The van der Waals surface area contributed by atoms with E-state index < -0.39 is 5.54 Å². The molecule has 5 atom stereocenters. The molecule has 0 spiro atoms. The number of hydrogen-bond donors (Lipinski definition) is 0. The molecule has 0 N–H and O–H groups in total. The Morgan fingerprint density at radius 1 is 1.19 bits per heavy atom. The van der Waals surface area contributed by atoms with Crippen molar-refractivity contribution in [1.82, 2.24) is 0 Å². The molecule has 2 fully saturated rings. The van der Waals surface area contributed by atoms with Gasteiger partial charge in [0.05, 0.1) is 18.1 Å². The lowest BCUT2D eigenvalue weighted by atomic mass is 9.61. The highest BCUT2D eigenvalue weighted by molar-refractivity contribution is 5.40. The van der Waals surface area contributed by atoms with Crippen LogP contribution in [0.4, 0.5) is 0 Å². The van der Waals surface area contributed by atoms with Crippen LogP contribution in [0.2, 0.25) is 0 Å². The third-order valence-corrected chi connectivity index (χ3v) is 5.74. The Labute approximate surface area is 123 Å². The maximum Gasteiger partial charge on any atom is 0.235 e. The number of hydrogen-bond acceptors (Lipinski definition) is 6. The van der Waals surface area contributed by atoms with Crippen LogP contribution >= 0.6 is 0 Å². The summed E-state index contributed by atoms with van der Waals surface area (Å²) in [4.78, 5) is 43.5. The average molecular weight is 289 g/mol. The summed E-state index contributed by atoms with van der Waals surface area (Å²) in [5.41, 5.74) is -0.919. The SMILES string of the molecule is CC1C2CC(N=C=O)C(C)(C2)C1(CCCN=C=O)N=C=O. The van der Waals surface area contributed by atoms with Crippen molar-refractivity contribution in [3.8, 4) is 0 Å². The van der Waals surface area contributed by atoms with Gasteiger partial charge in [0.25, 0.3) is 0 Å². The average Bonchev–Trinajstić information content (AvgIpc) is 2.89. The van der Waals surface area contributed by atoms with Gasteiger partial charge in [-0.25, -0.2) is 24.4 Å². The zero-order chi connectivity index (χ0) is 15.5. The van der Waals surface area contributed by atoms with Crippen molar-refractivity contribution < 1.29 is 14.4 Å². The van der Waals surface area contributed by atoms with Gasteiger partial charge < -0.3 is 0 Å². The molecule has 0 aromatic carbocycles. The quantitative estimate of drug-likeness (QED) is 0.425. The fourth-order valence-electron chi connectivity index (χ4n) is 4.68. The Kier molecular flexibility index (Phi) is 4.34. The van der Waals surface area contributed by atoms with E-state index in [2.05, 4.69) is 21.9 Å². The highest BCUT2D eigenvalue weighted by atomic mass is 16.1. The van der Waals surface area contributed by atoms with Gasteiger partial charge in [-0.05, 0) is 37.5 Å². The summed E-state index contributed by atoms with van der Waals surface area (Å²) in [6, 6.07) is -0.150. The largest absolute Gasteiger partial charge is 0.235 e. The van der Waals surface area contributed by atoms with Gasteiger partial charge in [0.1, 0.15) is 0 Å². The molecule has 2 rings (SSSR count). The fourth-order valence-corrected chi connectivity index (χ4v) is 4.68. The second-order valence-corrected chi connectivity index (χ2v) is 6.35. The molecule has 0 aliphatic heterocycles. The third kappa shape index (κ3) is 2.22. The van der Waals surface area contributed by atoms with Crippen molar-refractivity contribution in [2.75, 3.05) is 6.54 Å². The van der Waals surface area contributed by atoms with E-state index in [0.29, 0.717) is 25.3 Å². The minimum Gasteiger partial charge on any atom is -0.211 e. The van der Waals surface area contributed by atoms with Gasteiger partial charge in [-0.15, -0.1) is 0 Å². The van der Waals surface area contributed by atoms with Crippen LogP contribution in [0.3, 0.4) is 0 Å². The van der Waals surface area contributed by atoms with Crippen LogP contribution in [-0.4, -0.2) is 36.4 Å². The minimum absolute atomic E-state index is 0.150. The van der Waals surface area contributed by atoms with Crippen LogP contribution in [-0.2, 0) is 14.4 Å². The molecule has 6 heteroatoms. The number of nitrogens with zero attached hydrogens (tertiary/aromatic N) is 3. The Bertz CT molecular complexity index is 559. The first-order valence-corrected chi connectivity index (χ1v) is 7.25. The minimum atomic E-state index is -0.582. The van der Waals surface area contributed by atoms with E-state index in [4.69, 9.17) is 0 Å². The summed E-state index contributed by atoms with van der Waals surface area (Å²) in [5.74, 6) is 0.617. The van der Waals surface area contributed by atoms with Gasteiger partial charge in [-0.1, -0.05) is 13.8 Å². The van der Waals surface area contributed by atoms with Crippen molar-refractivity contribution in [1.29, 1.82) is 0 Å². The summed E-state index contributed by atoms with van der Waals surface area (Å²) < 4.78 is 0. The second kappa shape index (κ2) is 5.87. The third-order valence-electron chi connectivity index (χ3n) is 5.74. The first-order chi connectivity index (χ1) is 10.1. The highest BCUT2D eigenvalue weighted by Gasteiger charge is 2.67. The number of aliphatic imine (C=N–C) groups is 3. The van der Waals surface area contributed by atoms with E-state index in [1.807, 2.05) is 6.92 Å². The van der Waals surface area contributed by atoms with Crippen molar-refractivity contribution in [2.24, 2.45) is 32.2 Å². The molecular formula is C15H19N3O3. The monoisotopic (exact) mass is 289 g/mol. The van der Waals surface area contributed by atoms with E-state index >= 15 is 0 Å². The summed E-state index contributed by atoms with van der Waals surface area (Å²) in [6.45, 7) is 4.52. The number of isocyanates is 3. The van der Waals surface area contributed by atoms with Gasteiger partial charge in [0.15, 0.2) is 0 Å². The van der Waals surface area contributed by atoms with Crippen LogP contribution in [0.25, 0.3) is 0 Å². The van der Waals surface area contributed by atoms with E-state index in [0.717, 1.165) is 12.8 Å². The van der Waals surface area contributed by atoms with Gasteiger partial charge in [-0.3, -0.25) is 0 Å². The Morgan fingerprint density at radius 3 is 2.52 bits per heavy atom. The molecule has 2 bridgehead atoms. The molecule has 0 saturated heterocycles. The standard InChI is InChI=1S/C15H19N3O3/c1-11-12-6-13(17-9-20)14(2,7-12)15(11,18-10-21)4-3-5-16-8-19/h11-13H,3-7H2,1-2H3. The van der Waals surface area contributed by atoms with Crippen LogP contribution in [0.1, 0.15) is 39.5 Å². The highest BCUT2D eigenvalue weighted by Crippen LogP contribution is 2.66. The molecular weight excluding hydrogens is 270 g/mol. The van der Waals surface area contributed by atoms with Crippen LogP contribution in [0, 0.1) is 17.3 Å². The summed E-state index contributed by atoms with van der Waals surface area (Å²) in [7, 11) is 0. The van der Waals surface area contributed by atoms with Crippen LogP contribution < -0.4 is 0 Å². The first-order valence-electron chi connectivity index (χ1n) is 7.25. The number of carbonyl (C=O) groups excluding carboxylic acids is 3. The molecule has 0 aromatic rings. The molecule has 112 valence electrons. The normalized spacial score (nSPS) is 40.0. The molecule has 0 radical (unpaired) electrons. The molecule has 6 nitrogen and oxygen atoms in total. The molecule has 2 aliphatic carbocycles. The zero-order valence-corrected chi connectivity index (χ0v) is 12.3. The lowest BCUT2D eigenvalue weighted by Crippen LogP contribution is -2.52. The van der Waals surface area contributed by atoms with Crippen molar-refractivity contribution >= 4 is 18.2 Å². The fraction of sp³-hybridized carbons (Fsp3) is 0.800. The molecule has 0 aromatic heterocycles. The van der Waals surface area contributed by atoms with Crippen molar-refractivity contribution in [3.63, 3.8) is 0 Å². The lowest BCUT2D eigenvalue weighted by Gasteiger charge is -2.47. The molecule has 5 unspecified atom stereocenters. The maximum absolute atomic E-state index is 11.0. The van der Waals surface area contributed by atoms with Crippen molar-refractivity contribution in [3.05, 3.63) is 0 Å². The summed E-state index contributed by atoms with van der Waals surface area (Å²) in [5, 5.41) is 0. The lowest BCUT2D eigenvalue weighted by molar-refractivity contribution is 0.0841. The second-order valence-electron chi connectivity index (χ2n) is 6.35. The van der Waals surface area contributed by atoms with E-state index in [9.17, 15) is 14.4 Å². The summed E-state index contributed by atoms with van der Waals surface area (Å²) >= 11 is 0. The van der Waals surface area contributed by atoms with Gasteiger partial charge >= 0.3 is 0 Å². The first kappa shape index (κ1) is 15.5. The smallest absolute Gasteiger partial charge is 0.211 e. The zero-order valence-electron chi connectivity index (χ0n) is 12.3. The van der Waals surface area contributed by atoms with Gasteiger partial charge in [0.2, 0.25) is 18.2 Å². The molecule has 0 heterocycles. The topological polar surface area (TPSA) is 88.3 Å². The molecule has 0 amide bonds. The molecule has 2 aliphatic rings. The predicted molar refractivity (Wildman–Crippen MR) is 75.0 cm³/mol. The Balaban J connectivity index is 2.35. The number of rotatable bonds is 6.